The zero-order valence-corrected chi connectivity index (χ0v) is 21.2. The number of carbonyl (C=O) groups excluding carboxylic acids is 1. The van der Waals surface area contributed by atoms with Crippen molar-refractivity contribution in [1.82, 2.24) is 5.01 Å². The number of nitrogens with zero attached hydrogens (tertiary/aromatic N) is 3. The molecule has 1 amide bonds. The highest BCUT2D eigenvalue weighted by Gasteiger charge is 2.44. The summed E-state index contributed by atoms with van der Waals surface area (Å²) in [6.07, 6.45) is 4.68. The summed E-state index contributed by atoms with van der Waals surface area (Å²) < 4.78 is 0. The number of nitro groups is 1. The van der Waals surface area contributed by atoms with Crippen molar-refractivity contribution < 1.29 is 9.72 Å². The summed E-state index contributed by atoms with van der Waals surface area (Å²) in [6.45, 7) is 0. The van der Waals surface area contributed by atoms with Crippen LogP contribution in [0.25, 0.3) is 6.08 Å². The molecule has 9 heteroatoms. The number of halogens is 3. The first kappa shape index (κ1) is 24.5. The van der Waals surface area contributed by atoms with Crippen LogP contribution in [0, 0.1) is 16.0 Å². The molecule has 3 aromatic carbocycles. The number of rotatable bonds is 4. The van der Waals surface area contributed by atoms with Crippen molar-refractivity contribution in [3.63, 3.8) is 0 Å². The summed E-state index contributed by atoms with van der Waals surface area (Å²) in [5.74, 6) is -0.531. The van der Waals surface area contributed by atoms with Crippen LogP contribution in [0.1, 0.15) is 46.8 Å². The maximum absolute atomic E-state index is 13.8. The molecule has 5 rings (SSSR count). The molecule has 0 N–H and O–H groups in total. The number of amides is 1. The molecular formula is C27H20Cl3N3O3. The number of hydrazone groups is 1. The molecule has 1 aliphatic carbocycles. The maximum Gasteiger partial charge on any atom is 0.276 e. The Morgan fingerprint density at radius 2 is 1.67 bits per heavy atom. The van der Waals surface area contributed by atoms with Gasteiger partial charge in [0.2, 0.25) is 0 Å². The fourth-order valence-corrected chi connectivity index (χ4v) is 5.29. The molecule has 2 aliphatic rings. The van der Waals surface area contributed by atoms with Crippen molar-refractivity contribution in [2.45, 2.75) is 25.3 Å². The number of benzene rings is 3. The Balaban J connectivity index is 1.60. The summed E-state index contributed by atoms with van der Waals surface area (Å²) in [7, 11) is 0. The standard InChI is InChI=1S/C27H20Cl3N3O3/c28-19-8-4-16(5-9-19)14-18-2-1-3-22-25(18)31-32(26(22)17-6-10-20(29)11-7-17)27(34)23-15-21(33(35)36)12-13-24(23)30/h4-15,22,26H,1-3H2/b18-14-. The number of hydrogen-bond acceptors (Lipinski definition) is 4. The van der Waals surface area contributed by atoms with Crippen LogP contribution in [0.2, 0.25) is 15.1 Å². The van der Waals surface area contributed by atoms with E-state index >= 15 is 0 Å². The first-order chi connectivity index (χ1) is 17.3. The van der Waals surface area contributed by atoms with Gasteiger partial charge in [0, 0.05) is 28.1 Å². The van der Waals surface area contributed by atoms with E-state index < -0.39 is 16.9 Å². The molecule has 2 unspecified atom stereocenters. The fraction of sp³-hybridized carbons (Fsp3) is 0.185. The third-order valence-corrected chi connectivity index (χ3v) is 7.36. The number of non-ortho nitro benzene ring substituents is 1. The lowest BCUT2D eigenvalue weighted by molar-refractivity contribution is -0.384. The second kappa shape index (κ2) is 10.1. The second-order valence-electron chi connectivity index (χ2n) is 8.77. The molecule has 0 bridgehead atoms. The zero-order chi connectivity index (χ0) is 25.4. The first-order valence-corrected chi connectivity index (χ1v) is 12.5. The Hall–Kier alpha value is -3.19. The van der Waals surface area contributed by atoms with E-state index in [2.05, 4.69) is 6.08 Å². The molecule has 1 heterocycles. The van der Waals surface area contributed by atoms with E-state index in [1.807, 2.05) is 36.4 Å². The summed E-state index contributed by atoms with van der Waals surface area (Å²) in [6, 6.07) is 18.3. The first-order valence-electron chi connectivity index (χ1n) is 11.4. The molecule has 6 nitrogen and oxygen atoms in total. The van der Waals surface area contributed by atoms with E-state index in [0.29, 0.717) is 10.0 Å². The molecule has 36 heavy (non-hydrogen) atoms. The highest BCUT2D eigenvalue weighted by atomic mass is 35.5. The average Bonchev–Trinajstić information content (AvgIpc) is 3.26. The smallest absolute Gasteiger partial charge is 0.267 e. The molecule has 2 atom stereocenters. The zero-order valence-electron chi connectivity index (χ0n) is 18.9. The largest absolute Gasteiger partial charge is 0.276 e. The number of hydrogen-bond donors (Lipinski definition) is 0. The minimum absolute atomic E-state index is 0.0380. The molecule has 1 saturated carbocycles. The Kier molecular flexibility index (Phi) is 6.84. The number of carbonyl (C=O) groups is 1. The fourth-order valence-electron chi connectivity index (χ4n) is 4.84. The molecule has 0 aromatic heterocycles. The maximum atomic E-state index is 13.8. The van der Waals surface area contributed by atoms with E-state index in [4.69, 9.17) is 39.9 Å². The van der Waals surface area contributed by atoms with Gasteiger partial charge in [0.1, 0.15) is 0 Å². The van der Waals surface area contributed by atoms with Crippen molar-refractivity contribution in [2.75, 3.05) is 0 Å². The normalized spacial score (nSPS) is 20.2. The summed E-state index contributed by atoms with van der Waals surface area (Å²) >= 11 is 18.5. The Morgan fingerprint density at radius 3 is 2.33 bits per heavy atom. The molecule has 3 aromatic rings. The molecule has 1 fully saturated rings. The predicted octanol–water partition coefficient (Wildman–Crippen LogP) is 7.99. The van der Waals surface area contributed by atoms with Crippen LogP contribution in [-0.4, -0.2) is 21.6 Å². The van der Waals surface area contributed by atoms with Gasteiger partial charge in [0.05, 0.1) is 27.3 Å². The Morgan fingerprint density at radius 1 is 1.00 bits per heavy atom. The van der Waals surface area contributed by atoms with Crippen molar-refractivity contribution in [2.24, 2.45) is 11.0 Å². The highest BCUT2D eigenvalue weighted by molar-refractivity contribution is 6.34. The molecular weight excluding hydrogens is 521 g/mol. The Bertz CT molecular complexity index is 1400. The van der Waals surface area contributed by atoms with Crippen molar-refractivity contribution >= 4 is 58.2 Å². The van der Waals surface area contributed by atoms with Gasteiger partial charge in [-0.1, -0.05) is 59.1 Å². The van der Waals surface area contributed by atoms with Gasteiger partial charge >= 0.3 is 0 Å². The molecule has 182 valence electrons. The number of nitro benzene ring substituents is 1. The van der Waals surface area contributed by atoms with Crippen LogP contribution < -0.4 is 0 Å². The van der Waals surface area contributed by atoms with Crippen molar-refractivity contribution in [3.05, 3.63) is 114 Å². The van der Waals surface area contributed by atoms with Crippen LogP contribution in [0.3, 0.4) is 0 Å². The summed E-state index contributed by atoms with van der Waals surface area (Å²) in [5.41, 5.74) is 3.59. The molecule has 0 spiro atoms. The van der Waals surface area contributed by atoms with Gasteiger partial charge in [-0.2, -0.15) is 5.10 Å². The van der Waals surface area contributed by atoms with Gasteiger partial charge in [-0.25, -0.2) is 5.01 Å². The van der Waals surface area contributed by atoms with Crippen LogP contribution >= 0.6 is 34.8 Å². The van der Waals surface area contributed by atoms with Crippen LogP contribution in [-0.2, 0) is 0 Å². The lowest BCUT2D eigenvalue weighted by Gasteiger charge is -2.29. The quantitative estimate of drug-likeness (QED) is 0.248. The SMILES string of the molecule is O=C(c1cc([N+](=O)[O-])ccc1Cl)N1N=C2/C(=C\c3ccc(Cl)cc3)CCCC2C1c1ccc(Cl)cc1. The summed E-state index contributed by atoms with van der Waals surface area (Å²) in [4.78, 5) is 24.6. The lowest BCUT2D eigenvalue weighted by atomic mass is 9.77. The third kappa shape index (κ3) is 4.76. The Labute approximate surface area is 222 Å². The van der Waals surface area contributed by atoms with E-state index in [-0.39, 0.29) is 22.2 Å². The van der Waals surface area contributed by atoms with Gasteiger partial charge in [0.15, 0.2) is 0 Å². The van der Waals surface area contributed by atoms with E-state index in [9.17, 15) is 14.9 Å². The number of allylic oxidation sites excluding steroid dienone is 1. The van der Waals surface area contributed by atoms with E-state index in [0.717, 1.165) is 41.7 Å². The molecule has 0 radical (unpaired) electrons. The van der Waals surface area contributed by atoms with Crippen LogP contribution in [0.5, 0.6) is 0 Å². The summed E-state index contributed by atoms with van der Waals surface area (Å²) in [5, 5.41) is 19.0. The number of fused-ring (bicyclic) bond motifs is 1. The minimum Gasteiger partial charge on any atom is -0.267 e. The van der Waals surface area contributed by atoms with Crippen LogP contribution in [0.4, 0.5) is 5.69 Å². The monoisotopic (exact) mass is 539 g/mol. The van der Waals surface area contributed by atoms with Gasteiger partial charge in [-0.05, 0) is 72.4 Å². The van der Waals surface area contributed by atoms with E-state index in [1.54, 1.807) is 12.1 Å². The van der Waals surface area contributed by atoms with E-state index in [1.165, 1.54) is 23.2 Å². The van der Waals surface area contributed by atoms with Crippen molar-refractivity contribution in [1.29, 1.82) is 0 Å². The third-order valence-electron chi connectivity index (χ3n) is 6.52. The van der Waals surface area contributed by atoms with Gasteiger partial charge < -0.3 is 0 Å². The highest BCUT2D eigenvalue weighted by Crippen LogP contribution is 2.45. The predicted molar refractivity (Wildman–Crippen MR) is 143 cm³/mol. The average molecular weight is 541 g/mol. The molecule has 0 saturated heterocycles. The second-order valence-corrected chi connectivity index (χ2v) is 10.1. The lowest BCUT2D eigenvalue weighted by Crippen LogP contribution is -2.32. The van der Waals surface area contributed by atoms with Crippen LogP contribution in [0.15, 0.2) is 77.4 Å². The van der Waals surface area contributed by atoms with Gasteiger partial charge in [-0.3, -0.25) is 14.9 Å². The molecule has 1 aliphatic heterocycles. The van der Waals surface area contributed by atoms with Gasteiger partial charge in [-0.15, -0.1) is 0 Å². The van der Waals surface area contributed by atoms with Gasteiger partial charge in [0.25, 0.3) is 11.6 Å². The van der Waals surface area contributed by atoms with Crippen molar-refractivity contribution in [3.8, 4) is 0 Å². The topological polar surface area (TPSA) is 75.8 Å². The minimum atomic E-state index is -0.549.